The van der Waals surface area contributed by atoms with E-state index in [1.54, 1.807) is 0 Å². The molecule has 0 saturated heterocycles. The van der Waals surface area contributed by atoms with Crippen LogP contribution in [0.25, 0.3) is 0 Å². The molecular weight excluding hydrogens is 154 g/mol. The Bertz CT molecular complexity index is 179. The molecule has 0 atom stereocenters. The number of carbonyl (C=O) groups excluding carboxylic acids is 1. The summed E-state index contributed by atoms with van der Waals surface area (Å²) in [6.45, 7) is 4.54. The molecule has 0 aliphatic rings. The normalized spacial score (nSPS) is 11.0. The molecule has 0 heterocycles. The maximum Gasteiger partial charge on any atom is 0.333 e. The molecule has 12 heavy (non-hydrogen) atoms. The molecule has 3 heteroatoms. The summed E-state index contributed by atoms with van der Waals surface area (Å²) >= 11 is 0. The van der Waals surface area contributed by atoms with E-state index in [0.29, 0.717) is 12.0 Å². The van der Waals surface area contributed by atoms with Crippen LogP contribution in [0.4, 0.5) is 0 Å². The average Bonchev–Trinajstić information content (AvgIpc) is 1.97. The van der Waals surface area contributed by atoms with Gasteiger partial charge < -0.3 is 9.22 Å². The van der Waals surface area contributed by atoms with Crippen LogP contribution in [-0.4, -0.2) is 45.2 Å². The molecule has 0 spiro atoms. The molecule has 0 rings (SSSR count). The third-order valence-corrected chi connectivity index (χ3v) is 1.56. The highest BCUT2D eigenvalue weighted by atomic mass is 16.5. The van der Waals surface area contributed by atoms with Gasteiger partial charge in [0.25, 0.3) is 0 Å². The van der Waals surface area contributed by atoms with Gasteiger partial charge in [0.1, 0.15) is 0 Å². The van der Waals surface area contributed by atoms with Crippen molar-refractivity contribution in [3.63, 3.8) is 0 Å². The average molecular weight is 172 g/mol. The Hall–Kier alpha value is -0.830. The Morgan fingerprint density at radius 2 is 1.92 bits per heavy atom. The van der Waals surface area contributed by atoms with E-state index in [-0.39, 0.29) is 5.97 Å². The lowest BCUT2D eigenvalue weighted by molar-refractivity contribution is -0.870. The Morgan fingerprint density at radius 1 is 1.42 bits per heavy atom. The lowest BCUT2D eigenvalue weighted by Crippen LogP contribution is -2.35. The third kappa shape index (κ3) is 4.91. The van der Waals surface area contributed by atoms with Crippen LogP contribution in [0, 0.1) is 0 Å². The number of esters is 1. The zero-order chi connectivity index (χ0) is 9.78. The highest BCUT2D eigenvalue weighted by Crippen LogP contribution is 2.03. The molecule has 0 aliphatic carbocycles. The quantitative estimate of drug-likeness (QED) is 0.356. The number of methoxy groups -OCH3 is 1. The summed E-state index contributed by atoms with van der Waals surface area (Å²) in [6, 6.07) is 0. The molecule has 0 aromatic heterocycles. The van der Waals surface area contributed by atoms with Gasteiger partial charge in [-0.25, -0.2) is 4.79 Å². The predicted molar refractivity (Wildman–Crippen MR) is 48.7 cm³/mol. The van der Waals surface area contributed by atoms with Crippen LogP contribution < -0.4 is 0 Å². The molecule has 0 aromatic carbocycles. The van der Waals surface area contributed by atoms with Crippen molar-refractivity contribution in [1.82, 2.24) is 0 Å². The van der Waals surface area contributed by atoms with Gasteiger partial charge >= 0.3 is 5.97 Å². The van der Waals surface area contributed by atoms with Crippen LogP contribution in [0.3, 0.4) is 0 Å². The second kappa shape index (κ2) is 4.26. The van der Waals surface area contributed by atoms with Gasteiger partial charge in [0, 0.05) is 12.0 Å². The van der Waals surface area contributed by atoms with Crippen molar-refractivity contribution < 1.29 is 14.0 Å². The van der Waals surface area contributed by atoms with Gasteiger partial charge in [-0.1, -0.05) is 6.58 Å². The van der Waals surface area contributed by atoms with Crippen LogP contribution in [0.1, 0.15) is 6.42 Å². The number of nitrogens with zero attached hydrogens (tertiary/aromatic N) is 1. The van der Waals surface area contributed by atoms with E-state index in [1.807, 2.05) is 0 Å². The van der Waals surface area contributed by atoms with Crippen molar-refractivity contribution in [2.45, 2.75) is 6.42 Å². The van der Waals surface area contributed by atoms with Gasteiger partial charge in [0.15, 0.2) is 0 Å². The molecule has 0 radical (unpaired) electrons. The van der Waals surface area contributed by atoms with Crippen molar-refractivity contribution >= 4 is 5.97 Å². The Labute approximate surface area is 74.2 Å². The molecular formula is C9H18NO2+. The minimum absolute atomic E-state index is 0.302. The molecule has 0 fully saturated rings. The maximum absolute atomic E-state index is 10.9. The standard InChI is InChI=1S/C9H18NO2/c1-8(9(11)12-5)6-7-10(2,3)4/h1,6-7H2,2-5H3/q+1. The number of quaternary nitrogens is 1. The SMILES string of the molecule is C=C(CC[N+](C)(C)C)C(=O)OC. The molecule has 0 N–H and O–H groups in total. The highest BCUT2D eigenvalue weighted by molar-refractivity contribution is 5.87. The second-order valence-corrected chi connectivity index (χ2v) is 3.86. The zero-order valence-corrected chi connectivity index (χ0v) is 8.39. The summed E-state index contributed by atoms with van der Waals surface area (Å²) < 4.78 is 5.36. The fourth-order valence-electron chi connectivity index (χ4n) is 0.717. The summed E-state index contributed by atoms with van der Waals surface area (Å²) in [5.41, 5.74) is 0.547. The monoisotopic (exact) mass is 172 g/mol. The van der Waals surface area contributed by atoms with Gasteiger partial charge in [0.05, 0.1) is 34.8 Å². The molecule has 0 aliphatic heterocycles. The Balaban J connectivity index is 3.80. The van der Waals surface area contributed by atoms with Crippen molar-refractivity contribution in [2.24, 2.45) is 0 Å². The summed E-state index contributed by atoms with van der Waals surface area (Å²) in [5.74, 6) is -0.302. The third-order valence-electron chi connectivity index (χ3n) is 1.56. The maximum atomic E-state index is 10.9. The minimum atomic E-state index is -0.302. The van der Waals surface area contributed by atoms with Gasteiger partial charge in [0.2, 0.25) is 0 Å². The lowest BCUT2D eigenvalue weighted by atomic mass is 10.2. The van der Waals surface area contributed by atoms with Gasteiger partial charge in [-0.15, -0.1) is 0 Å². The van der Waals surface area contributed by atoms with E-state index in [2.05, 4.69) is 32.5 Å². The molecule has 0 amide bonds. The van der Waals surface area contributed by atoms with Crippen molar-refractivity contribution in [3.05, 3.63) is 12.2 Å². The topological polar surface area (TPSA) is 26.3 Å². The van der Waals surface area contributed by atoms with E-state index >= 15 is 0 Å². The van der Waals surface area contributed by atoms with Gasteiger partial charge in [-0.2, -0.15) is 0 Å². The minimum Gasteiger partial charge on any atom is -0.466 e. The molecule has 0 unspecified atom stereocenters. The summed E-state index contributed by atoms with van der Waals surface area (Å²) in [5, 5.41) is 0. The van der Waals surface area contributed by atoms with Crippen LogP contribution >= 0.6 is 0 Å². The van der Waals surface area contributed by atoms with Crippen molar-refractivity contribution in [2.75, 3.05) is 34.8 Å². The first-order chi connectivity index (χ1) is 5.37. The largest absolute Gasteiger partial charge is 0.466 e. The summed E-state index contributed by atoms with van der Waals surface area (Å²) in [4.78, 5) is 10.9. The first kappa shape index (κ1) is 11.2. The van der Waals surface area contributed by atoms with Crippen LogP contribution in [0.15, 0.2) is 12.2 Å². The van der Waals surface area contributed by atoms with E-state index in [0.717, 1.165) is 11.0 Å². The second-order valence-electron chi connectivity index (χ2n) is 3.86. The van der Waals surface area contributed by atoms with E-state index < -0.39 is 0 Å². The highest BCUT2D eigenvalue weighted by Gasteiger charge is 2.12. The number of carbonyl (C=O) groups is 1. The number of hydrogen-bond donors (Lipinski definition) is 0. The van der Waals surface area contributed by atoms with E-state index in [4.69, 9.17) is 0 Å². The molecule has 0 saturated carbocycles. The fraction of sp³-hybridized carbons (Fsp3) is 0.667. The molecule has 0 aromatic rings. The Kier molecular flexibility index (Phi) is 3.96. The predicted octanol–water partition coefficient (Wildman–Crippen LogP) is 0.812. The van der Waals surface area contributed by atoms with Gasteiger partial charge in [-0.3, -0.25) is 0 Å². The van der Waals surface area contributed by atoms with Crippen LogP contribution in [0.2, 0.25) is 0 Å². The summed E-state index contributed by atoms with van der Waals surface area (Å²) in [7, 11) is 7.60. The van der Waals surface area contributed by atoms with Crippen molar-refractivity contribution in [3.8, 4) is 0 Å². The Morgan fingerprint density at radius 3 is 2.25 bits per heavy atom. The van der Waals surface area contributed by atoms with Gasteiger partial charge in [-0.05, 0) is 0 Å². The molecule has 70 valence electrons. The zero-order valence-electron chi connectivity index (χ0n) is 8.39. The first-order valence-electron chi connectivity index (χ1n) is 3.93. The lowest BCUT2D eigenvalue weighted by Gasteiger charge is -2.23. The summed E-state index contributed by atoms with van der Waals surface area (Å²) in [6.07, 6.45) is 0.691. The number of ether oxygens (including phenoxy) is 1. The first-order valence-corrected chi connectivity index (χ1v) is 3.93. The van der Waals surface area contributed by atoms with E-state index in [9.17, 15) is 4.79 Å². The molecule has 3 nitrogen and oxygen atoms in total. The van der Waals surface area contributed by atoms with Crippen molar-refractivity contribution in [1.29, 1.82) is 0 Å². The van der Waals surface area contributed by atoms with Crippen LogP contribution in [0.5, 0.6) is 0 Å². The molecule has 0 bridgehead atoms. The smallest absolute Gasteiger partial charge is 0.333 e. The fourth-order valence-corrected chi connectivity index (χ4v) is 0.717. The number of rotatable bonds is 4. The van der Waals surface area contributed by atoms with Crippen LogP contribution in [-0.2, 0) is 9.53 Å². The number of hydrogen-bond acceptors (Lipinski definition) is 2. The van der Waals surface area contributed by atoms with E-state index in [1.165, 1.54) is 7.11 Å².